The first-order valence-corrected chi connectivity index (χ1v) is 32.4. The van der Waals surface area contributed by atoms with Gasteiger partial charge in [-0.15, -0.1) is 0 Å². The average molecular weight is 1530 g/mol. The third-order valence-corrected chi connectivity index (χ3v) is 18.9. The molecule has 0 saturated carbocycles. The Morgan fingerprint density at radius 1 is 0.385 bits per heavy atom. The van der Waals surface area contributed by atoms with E-state index in [1.54, 1.807) is 0 Å². The Labute approximate surface area is 585 Å². The minimum absolute atomic E-state index is 0.905. The Bertz CT molecular complexity index is 2720. The van der Waals surface area contributed by atoms with Gasteiger partial charge >= 0.3 is 11.9 Å². The van der Waals surface area contributed by atoms with Crippen molar-refractivity contribution in [2.75, 3.05) is 52.9 Å². The summed E-state index contributed by atoms with van der Waals surface area (Å²) in [7, 11) is 0. The van der Waals surface area contributed by atoms with Gasteiger partial charge in [0.2, 0.25) is 5.91 Å². The second kappa shape index (κ2) is 36.3. The number of hydrogen-bond donors (Lipinski definition) is 30. The van der Waals surface area contributed by atoms with Crippen LogP contribution >= 0.6 is 0 Å². The zero-order valence-corrected chi connectivity index (χ0v) is 54.5. The standard InChI is InChI=1S/C56H93NO47/c1-12(66)57-23-28(76)25(73)19(8-62)90-47(23)100-45-31(79)30(78)37(14(68)4-58)94-52(45)99-44-36(84)51(97-42-18(3-55(89,53(85)86)103-40(42)17(71)7-61)102-56(54(87)88)2-13(67)24(72)38(104-56)15(69)5-59)95-39(16(70)6-60)46(44)101-49-34(82)32(80)41(22(11-65)93-49)96-50-35(83)43(27(75)21(10-64)92-50)98-48-33(81)29(77)26(74)20(9-63)91-48/h13-52,58-65,67-84,89H,2-11H2,1H3,(H,57,66)(H,85,86)(H,87,88)/t13-,14+,15-,16+,17-,18-,19-,20-,21-,22-,23-,24-,25-,26+,27+,28-,29+,30+,31+,32-,33-,34-,35-,36+,37-,38-,39-,40-,41-,42-,43+,44-,45+,46-,47-,48-,49+,50+,51-,52-,55-,56-/m1/s1. The van der Waals surface area contributed by atoms with Crippen molar-refractivity contribution < 1.29 is 234 Å². The van der Waals surface area contributed by atoms with Crippen molar-refractivity contribution in [2.45, 2.75) is 277 Å². The lowest BCUT2D eigenvalue weighted by Gasteiger charge is -2.53. The Morgan fingerprint density at radius 2 is 0.808 bits per heavy atom. The smallest absolute Gasteiger partial charge is 0.364 e. The van der Waals surface area contributed by atoms with Crippen LogP contribution < -0.4 is 5.32 Å². The summed E-state index contributed by atoms with van der Waals surface area (Å²) in [6, 6.07) is -1.93. The molecule has 1 amide bonds. The molecule has 8 aliphatic heterocycles. The van der Waals surface area contributed by atoms with Crippen molar-refractivity contribution in [1.29, 1.82) is 0 Å². The van der Waals surface area contributed by atoms with Crippen molar-refractivity contribution in [1.82, 2.24) is 5.32 Å². The second-order valence-electron chi connectivity index (χ2n) is 26.0. The zero-order chi connectivity index (χ0) is 77.2. The van der Waals surface area contributed by atoms with Crippen LogP contribution in [0.25, 0.3) is 0 Å². The Hall–Kier alpha value is -3.27. The van der Waals surface area contributed by atoms with Crippen molar-refractivity contribution in [3.63, 3.8) is 0 Å². The van der Waals surface area contributed by atoms with E-state index >= 15 is 0 Å². The topological polar surface area (TPSA) is 788 Å². The van der Waals surface area contributed by atoms with Crippen LogP contribution in [0.3, 0.4) is 0 Å². The van der Waals surface area contributed by atoms with E-state index in [2.05, 4.69) is 5.32 Å². The molecule has 8 rings (SSSR count). The summed E-state index contributed by atoms with van der Waals surface area (Å²) in [6.45, 7) is -9.29. The average Bonchev–Trinajstić information content (AvgIpc) is 0.748. The van der Waals surface area contributed by atoms with Crippen molar-refractivity contribution in [3.8, 4) is 0 Å². The van der Waals surface area contributed by atoms with Gasteiger partial charge in [0.05, 0.1) is 65.1 Å². The van der Waals surface area contributed by atoms with Crippen LogP contribution in [0.4, 0.5) is 0 Å². The molecule has 104 heavy (non-hydrogen) atoms. The van der Waals surface area contributed by atoms with Gasteiger partial charge in [-0.1, -0.05) is 0 Å². The number of carbonyl (C=O) groups is 3. The van der Waals surface area contributed by atoms with Gasteiger partial charge in [-0.2, -0.15) is 0 Å². The van der Waals surface area contributed by atoms with E-state index in [0.717, 1.165) is 6.92 Å². The lowest BCUT2D eigenvalue weighted by atomic mass is 9.89. The Morgan fingerprint density at radius 3 is 1.36 bits per heavy atom. The van der Waals surface area contributed by atoms with Crippen molar-refractivity contribution in [2.24, 2.45) is 0 Å². The van der Waals surface area contributed by atoms with Crippen molar-refractivity contribution in [3.05, 3.63) is 0 Å². The largest absolute Gasteiger partial charge is 0.477 e. The van der Waals surface area contributed by atoms with Crippen LogP contribution in [0.1, 0.15) is 19.8 Å². The van der Waals surface area contributed by atoms with Crippen LogP contribution in [-0.4, -0.2) is 476 Å². The summed E-state index contributed by atoms with van der Waals surface area (Å²) in [5, 5.41) is 320. The van der Waals surface area contributed by atoms with Gasteiger partial charge in [0.15, 0.2) is 37.7 Å². The van der Waals surface area contributed by atoms with Crippen LogP contribution in [0.2, 0.25) is 0 Å². The van der Waals surface area contributed by atoms with Gasteiger partial charge in [-0.05, 0) is 0 Å². The second-order valence-corrected chi connectivity index (χ2v) is 26.0. The quantitative estimate of drug-likeness (QED) is 0.0331. The number of aliphatic carboxylic acids is 2. The normalized spacial score (nSPS) is 48.7. The van der Waals surface area contributed by atoms with Crippen LogP contribution in [-0.2, 0) is 85.4 Å². The third-order valence-electron chi connectivity index (χ3n) is 18.9. The monoisotopic (exact) mass is 1530 g/mol. The number of carbonyl (C=O) groups excluding carboxylic acids is 1. The first-order chi connectivity index (χ1) is 48.9. The minimum Gasteiger partial charge on any atom is -0.477 e. The maximum atomic E-state index is 13.4. The fourth-order valence-electron chi connectivity index (χ4n) is 13.2. The number of aliphatic hydroxyl groups is 27. The number of nitrogens with one attached hydrogen (secondary N) is 1. The van der Waals surface area contributed by atoms with Crippen LogP contribution in [0.5, 0.6) is 0 Å². The fraction of sp³-hybridized carbons (Fsp3) is 0.946. The molecule has 0 radical (unpaired) electrons. The SMILES string of the molecule is CC(=O)N[C@H]1[C@@H](O[C@@H]2[C@@H](O[C@@H]3[C@H](O)[C@@H](O[C@H]4[C@@H]([C@H](O)CO)O[C@@](O)(C(=O)O)C[C@H]4O[C@]4(C(=O)O)C[C@@H](O)[C@@H](O)[C@@H]([C@H](O)CO)O4)O[C@H]([C@@H](O)CO)[C@H]3O[C@@H]3O[C@H](CO)[C@@H](O[C@@H]4O[C@H](CO)[C@H](O)[C@H](O[C@H]5O[C@H](CO)[C@H](O)[C@H](O)[C@H]5O)[C@H]4O)[C@H](O)[C@H]3O)O[C@H]([C@@H](O)CO)[C@@H](O)[C@@H]2O)O[C@H](CO)[C@@H](O)[C@@H]1O. The number of carboxylic acids is 2. The summed E-state index contributed by atoms with van der Waals surface area (Å²) >= 11 is 0. The van der Waals surface area contributed by atoms with Gasteiger partial charge in [-0.25, -0.2) is 9.59 Å². The lowest BCUT2D eigenvalue weighted by Crippen LogP contribution is -2.71. The molecule has 48 nitrogen and oxygen atoms in total. The van der Waals surface area contributed by atoms with Crippen molar-refractivity contribution >= 4 is 17.8 Å². The summed E-state index contributed by atoms with van der Waals surface area (Å²) in [4.78, 5) is 38.8. The molecule has 0 bridgehead atoms. The van der Waals surface area contributed by atoms with Gasteiger partial charge in [0, 0.05) is 19.8 Å². The summed E-state index contributed by atoms with van der Waals surface area (Å²) in [5.74, 6) is -12.7. The first kappa shape index (κ1) is 86.3. The van der Waals surface area contributed by atoms with E-state index < -0.39 is 340 Å². The molecular weight excluding hydrogens is 1440 g/mol. The number of aliphatic hydroxyl groups excluding tert-OH is 26. The molecule has 42 atom stereocenters. The van der Waals surface area contributed by atoms with E-state index in [4.69, 9.17) is 71.1 Å². The van der Waals surface area contributed by atoms with Crippen LogP contribution in [0, 0.1) is 0 Å². The fourth-order valence-corrected chi connectivity index (χ4v) is 13.2. The summed E-state index contributed by atoms with van der Waals surface area (Å²) < 4.78 is 87.0. The maximum Gasteiger partial charge on any atom is 0.364 e. The third kappa shape index (κ3) is 17.9. The number of amides is 1. The molecule has 30 N–H and O–H groups in total. The Kier molecular flexibility index (Phi) is 30.1. The molecule has 8 aliphatic rings. The molecule has 8 heterocycles. The van der Waals surface area contributed by atoms with Gasteiger partial charge in [0.1, 0.15) is 195 Å². The summed E-state index contributed by atoms with van der Waals surface area (Å²) in [5.41, 5.74) is 0. The molecule has 0 spiro atoms. The first-order valence-electron chi connectivity index (χ1n) is 32.4. The van der Waals surface area contributed by atoms with Crippen LogP contribution in [0.15, 0.2) is 0 Å². The minimum atomic E-state index is -3.67. The number of carboxylic acid groups (broad SMARTS) is 2. The lowest BCUT2D eigenvalue weighted by molar-refractivity contribution is -0.420. The maximum absolute atomic E-state index is 13.4. The van der Waals surface area contributed by atoms with Gasteiger partial charge < -0.3 is 224 Å². The molecule has 48 heteroatoms. The predicted molar refractivity (Wildman–Crippen MR) is 310 cm³/mol. The Balaban J connectivity index is 1.21. The molecule has 604 valence electrons. The van der Waals surface area contributed by atoms with E-state index in [1.165, 1.54) is 0 Å². The van der Waals surface area contributed by atoms with E-state index in [9.17, 15) is 162 Å². The molecule has 8 fully saturated rings. The predicted octanol–water partition coefficient (Wildman–Crippen LogP) is -19.9. The molecule has 0 aliphatic carbocycles. The van der Waals surface area contributed by atoms with E-state index in [-0.39, 0.29) is 0 Å². The highest BCUT2D eigenvalue weighted by Crippen LogP contribution is 2.44. The highest BCUT2D eigenvalue weighted by Gasteiger charge is 2.65. The molecule has 0 aromatic heterocycles. The number of rotatable bonds is 29. The number of ether oxygens (including phenoxy) is 15. The zero-order valence-electron chi connectivity index (χ0n) is 54.5. The molecule has 0 aromatic rings. The molecular formula is C56H93NO47. The molecule has 0 aromatic carbocycles. The summed E-state index contributed by atoms with van der Waals surface area (Å²) in [6.07, 6.45) is -94.2. The molecule has 0 unspecified atom stereocenters. The van der Waals surface area contributed by atoms with E-state index in [1.807, 2.05) is 0 Å². The number of hydrogen-bond acceptors (Lipinski definition) is 45. The highest BCUT2D eigenvalue weighted by molar-refractivity contribution is 5.77. The van der Waals surface area contributed by atoms with Gasteiger partial charge in [-0.3, -0.25) is 4.79 Å². The highest BCUT2D eigenvalue weighted by atomic mass is 16.8. The van der Waals surface area contributed by atoms with E-state index in [0.29, 0.717) is 0 Å². The van der Waals surface area contributed by atoms with Gasteiger partial charge in [0.25, 0.3) is 11.6 Å². The molecule has 8 saturated heterocycles.